The molecule has 1 heterocycles. The van der Waals surface area contributed by atoms with Crippen LogP contribution in [0.3, 0.4) is 0 Å². The molecule has 0 saturated heterocycles. The van der Waals surface area contributed by atoms with E-state index >= 15 is 0 Å². The molecule has 27 heavy (non-hydrogen) atoms. The number of anilines is 1. The third-order valence-corrected chi connectivity index (χ3v) is 4.18. The first kappa shape index (κ1) is 20.4. The van der Waals surface area contributed by atoms with Crippen LogP contribution in [0.15, 0.2) is 35.5 Å². The van der Waals surface area contributed by atoms with Gasteiger partial charge in [0.05, 0.1) is 26.9 Å². The summed E-state index contributed by atoms with van der Waals surface area (Å²) in [6.07, 6.45) is 3.38. The lowest BCUT2D eigenvalue weighted by molar-refractivity contribution is -0.119. The SMILES string of the molecule is COc1cc(NC(=O)COC(=O)c2cccnc2SC)cc(OC)c1OC. The van der Waals surface area contributed by atoms with E-state index in [1.54, 1.807) is 36.7 Å². The van der Waals surface area contributed by atoms with Crippen molar-refractivity contribution in [1.82, 2.24) is 4.98 Å². The van der Waals surface area contributed by atoms with E-state index in [0.29, 0.717) is 33.5 Å². The number of hydrogen-bond acceptors (Lipinski definition) is 8. The fourth-order valence-electron chi connectivity index (χ4n) is 2.27. The Bertz CT molecular complexity index is 802. The highest BCUT2D eigenvalue weighted by Gasteiger charge is 2.17. The Morgan fingerprint density at radius 2 is 1.78 bits per heavy atom. The van der Waals surface area contributed by atoms with E-state index in [2.05, 4.69) is 10.3 Å². The maximum absolute atomic E-state index is 12.2. The Balaban J connectivity index is 2.04. The lowest BCUT2D eigenvalue weighted by Crippen LogP contribution is -2.21. The van der Waals surface area contributed by atoms with Gasteiger partial charge in [-0.1, -0.05) is 0 Å². The van der Waals surface area contributed by atoms with Crippen molar-refractivity contribution in [2.45, 2.75) is 5.03 Å². The second-order valence-electron chi connectivity index (χ2n) is 5.10. The van der Waals surface area contributed by atoms with Gasteiger partial charge in [0.15, 0.2) is 18.1 Å². The maximum Gasteiger partial charge on any atom is 0.341 e. The number of nitrogens with one attached hydrogen (secondary N) is 1. The molecule has 0 saturated carbocycles. The maximum atomic E-state index is 12.2. The van der Waals surface area contributed by atoms with E-state index in [-0.39, 0.29) is 0 Å². The molecule has 1 N–H and O–H groups in total. The van der Waals surface area contributed by atoms with Gasteiger partial charge in [-0.25, -0.2) is 9.78 Å². The average molecular weight is 392 g/mol. The molecule has 9 heteroatoms. The van der Waals surface area contributed by atoms with Crippen molar-refractivity contribution in [3.05, 3.63) is 36.0 Å². The number of hydrogen-bond donors (Lipinski definition) is 1. The minimum Gasteiger partial charge on any atom is -0.493 e. The number of rotatable bonds is 8. The van der Waals surface area contributed by atoms with Crippen LogP contribution in [0, 0.1) is 0 Å². The van der Waals surface area contributed by atoms with E-state index in [1.807, 2.05) is 0 Å². The summed E-state index contributed by atoms with van der Waals surface area (Å²) in [5.41, 5.74) is 0.724. The zero-order chi connectivity index (χ0) is 19.8. The lowest BCUT2D eigenvalue weighted by atomic mass is 10.2. The van der Waals surface area contributed by atoms with Crippen LogP contribution in [-0.4, -0.2) is 51.1 Å². The first-order valence-corrected chi connectivity index (χ1v) is 9.02. The van der Waals surface area contributed by atoms with Crippen molar-refractivity contribution in [3.63, 3.8) is 0 Å². The molecule has 1 aromatic heterocycles. The molecule has 8 nitrogen and oxygen atoms in total. The molecule has 0 fully saturated rings. The highest BCUT2D eigenvalue weighted by molar-refractivity contribution is 7.98. The Labute approximate surface area is 161 Å². The van der Waals surface area contributed by atoms with Gasteiger partial charge in [-0.05, 0) is 18.4 Å². The summed E-state index contributed by atoms with van der Waals surface area (Å²) >= 11 is 1.32. The highest BCUT2D eigenvalue weighted by atomic mass is 32.2. The van der Waals surface area contributed by atoms with Crippen molar-refractivity contribution in [1.29, 1.82) is 0 Å². The van der Waals surface area contributed by atoms with Crippen LogP contribution < -0.4 is 19.5 Å². The minimum atomic E-state index is -0.618. The van der Waals surface area contributed by atoms with Crippen LogP contribution in [0.2, 0.25) is 0 Å². The Morgan fingerprint density at radius 3 is 2.33 bits per heavy atom. The highest BCUT2D eigenvalue weighted by Crippen LogP contribution is 2.39. The summed E-state index contributed by atoms with van der Waals surface area (Å²) in [5.74, 6) is 0.0681. The molecule has 2 aromatic rings. The van der Waals surface area contributed by atoms with E-state index in [4.69, 9.17) is 18.9 Å². The third kappa shape index (κ3) is 5.04. The Kier molecular flexibility index (Phi) is 7.30. The number of aromatic nitrogens is 1. The standard InChI is InChI=1S/C18H20N2O6S/c1-23-13-8-11(9-14(24-2)16(13)25-3)20-15(21)10-26-18(22)12-6-5-7-19-17(12)27-4/h5-9H,10H2,1-4H3,(H,20,21). The van der Waals surface area contributed by atoms with E-state index in [1.165, 1.54) is 33.1 Å². The van der Waals surface area contributed by atoms with E-state index in [9.17, 15) is 9.59 Å². The van der Waals surface area contributed by atoms with Gasteiger partial charge in [0.1, 0.15) is 5.03 Å². The van der Waals surface area contributed by atoms with Gasteiger partial charge in [-0.15, -0.1) is 11.8 Å². The second kappa shape index (κ2) is 9.67. The number of benzene rings is 1. The van der Waals surface area contributed by atoms with Gasteiger partial charge in [-0.2, -0.15) is 0 Å². The molecule has 0 aliphatic heterocycles. The van der Waals surface area contributed by atoms with Gasteiger partial charge in [0.25, 0.3) is 5.91 Å². The number of pyridine rings is 1. The zero-order valence-electron chi connectivity index (χ0n) is 15.4. The number of amides is 1. The Hall–Kier alpha value is -2.94. The number of methoxy groups -OCH3 is 3. The lowest BCUT2D eigenvalue weighted by Gasteiger charge is -2.14. The van der Waals surface area contributed by atoms with Gasteiger partial charge in [0, 0.05) is 24.0 Å². The first-order chi connectivity index (χ1) is 13.0. The minimum absolute atomic E-state index is 0.311. The predicted octanol–water partition coefficient (Wildman–Crippen LogP) is 2.62. The molecule has 1 amide bonds. The summed E-state index contributed by atoms with van der Waals surface area (Å²) in [7, 11) is 4.43. The molecule has 0 atom stereocenters. The molecule has 1 aromatic carbocycles. The van der Waals surface area contributed by atoms with Crippen LogP contribution >= 0.6 is 11.8 Å². The largest absolute Gasteiger partial charge is 0.493 e. The predicted molar refractivity (Wildman–Crippen MR) is 101 cm³/mol. The van der Waals surface area contributed by atoms with E-state index in [0.717, 1.165) is 0 Å². The monoisotopic (exact) mass is 392 g/mol. The summed E-state index contributed by atoms with van der Waals surface area (Å²) in [4.78, 5) is 28.4. The zero-order valence-corrected chi connectivity index (χ0v) is 16.2. The topological polar surface area (TPSA) is 96.0 Å². The molecule has 0 aliphatic carbocycles. The number of nitrogens with zero attached hydrogens (tertiary/aromatic N) is 1. The molecule has 0 radical (unpaired) electrons. The van der Waals surface area contributed by atoms with Crippen molar-refractivity contribution >= 4 is 29.3 Å². The van der Waals surface area contributed by atoms with Crippen LogP contribution in [-0.2, 0) is 9.53 Å². The van der Waals surface area contributed by atoms with Gasteiger partial charge < -0.3 is 24.3 Å². The van der Waals surface area contributed by atoms with Gasteiger partial charge in [0.2, 0.25) is 5.75 Å². The average Bonchev–Trinajstić information content (AvgIpc) is 2.70. The third-order valence-electron chi connectivity index (χ3n) is 3.47. The van der Waals surface area contributed by atoms with Crippen molar-refractivity contribution in [2.75, 3.05) is 39.5 Å². The second-order valence-corrected chi connectivity index (χ2v) is 5.89. The van der Waals surface area contributed by atoms with Crippen LogP contribution in [0.1, 0.15) is 10.4 Å². The van der Waals surface area contributed by atoms with Gasteiger partial charge >= 0.3 is 5.97 Å². The number of carbonyl (C=O) groups excluding carboxylic acids is 2. The molecule has 0 aliphatic rings. The fourth-order valence-corrected chi connectivity index (χ4v) is 2.81. The van der Waals surface area contributed by atoms with Crippen molar-refractivity contribution in [3.8, 4) is 17.2 Å². The summed E-state index contributed by atoms with van der Waals surface area (Å²) < 4.78 is 20.8. The molecule has 0 unspecified atom stereocenters. The number of carbonyl (C=O) groups is 2. The number of ether oxygens (including phenoxy) is 4. The van der Waals surface area contributed by atoms with Crippen LogP contribution in [0.5, 0.6) is 17.2 Å². The van der Waals surface area contributed by atoms with Crippen LogP contribution in [0.4, 0.5) is 5.69 Å². The first-order valence-electron chi connectivity index (χ1n) is 7.80. The van der Waals surface area contributed by atoms with Crippen molar-refractivity contribution in [2.24, 2.45) is 0 Å². The smallest absolute Gasteiger partial charge is 0.341 e. The van der Waals surface area contributed by atoms with Crippen LogP contribution in [0.25, 0.3) is 0 Å². The fraction of sp³-hybridized carbons (Fsp3) is 0.278. The number of esters is 1. The molecular weight excluding hydrogens is 372 g/mol. The molecule has 0 spiro atoms. The summed E-state index contributed by atoms with van der Waals surface area (Å²) in [6, 6.07) is 6.38. The Morgan fingerprint density at radius 1 is 1.11 bits per heavy atom. The van der Waals surface area contributed by atoms with Gasteiger partial charge in [-0.3, -0.25) is 4.79 Å². The van der Waals surface area contributed by atoms with E-state index < -0.39 is 18.5 Å². The number of thioether (sulfide) groups is 1. The molecule has 144 valence electrons. The molecular formula is C18H20N2O6S. The molecule has 0 bridgehead atoms. The quantitative estimate of drug-likeness (QED) is 0.541. The summed E-state index contributed by atoms with van der Waals surface area (Å²) in [5, 5.41) is 3.16. The normalized spacial score (nSPS) is 10.1. The summed E-state index contributed by atoms with van der Waals surface area (Å²) in [6.45, 7) is -0.446. The molecule has 2 rings (SSSR count). The van der Waals surface area contributed by atoms with Crippen molar-refractivity contribution < 1.29 is 28.5 Å².